The summed E-state index contributed by atoms with van der Waals surface area (Å²) in [4.78, 5) is 19.5. The monoisotopic (exact) mass is 364 g/mol. The van der Waals surface area contributed by atoms with Crippen LogP contribution >= 0.6 is 34.9 Å². The van der Waals surface area contributed by atoms with Crippen molar-refractivity contribution in [2.45, 2.75) is 24.0 Å². The van der Waals surface area contributed by atoms with Crippen LogP contribution in [0.5, 0.6) is 0 Å². The van der Waals surface area contributed by atoms with Crippen molar-refractivity contribution in [2.24, 2.45) is 0 Å². The fourth-order valence-corrected chi connectivity index (χ4v) is 7.01. The van der Waals surface area contributed by atoms with Gasteiger partial charge in [0, 0.05) is 36.3 Å². The molecular weight excluding hydrogens is 344 g/mol. The van der Waals surface area contributed by atoms with Crippen LogP contribution in [0.3, 0.4) is 0 Å². The van der Waals surface area contributed by atoms with E-state index in [9.17, 15) is 4.79 Å². The molecule has 3 nitrogen and oxygen atoms in total. The minimum absolute atomic E-state index is 0.188. The number of hydrogen-bond acceptors (Lipinski definition) is 5. The average molecular weight is 365 g/mol. The second-order valence-corrected chi connectivity index (χ2v) is 9.58. The van der Waals surface area contributed by atoms with Gasteiger partial charge in [-0.3, -0.25) is 4.79 Å². The molecule has 0 radical (unpaired) electrons. The summed E-state index contributed by atoms with van der Waals surface area (Å²) in [6, 6.07) is 8.36. The molecule has 1 aromatic heterocycles. The van der Waals surface area contributed by atoms with Gasteiger partial charge in [0.2, 0.25) is 5.91 Å². The van der Waals surface area contributed by atoms with E-state index in [1.807, 2.05) is 40.9 Å². The molecule has 1 unspecified atom stereocenters. The molecule has 0 saturated carbocycles. The van der Waals surface area contributed by atoms with Crippen molar-refractivity contribution >= 4 is 51.0 Å². The Hall–Kier alpha value is -0.720. The number of rotatable bonds is 2. The van der Waals surface area contributed by atoms with Gasteiger partial charge in [-0.1, -0.05) is 12.1 Å². The van der Waals surface area contributed by atoms with Crippen LogP contribution in [-0.4, -0.2) is 51.4 Å². The molecule has 6 heteroatoms. The molecule has 2 fully saturated rings. The lowest BCUT2D eigenvalue weighted by Crippen LogP contribution is -2.44. The molecule has 3 heterocycles. The summed E-state index contributed by atoms with van der Waals surface area (Å²) in [5.74, 6) is 4.17. The lowest BCUT2D eigenvalue weighted by Gasteiger charge is -2.34. The van der Waals surface area contributed by atoms with E-state index in [2.05, 4.69) is 23.1 Å². The molecule has 122 valence electrons. The molecule has 2 aromatic rings. The zero-order valence-corrected chi connectivity index (χ0v) is 15.4. The molecule has 2 aliphatic heterocycles. The summed E-state index contributed by atoms with van der Waals surface area (Å²) in [7, 11) is 0. The van der Waals surface area contributed by atoms with Gasteiger partial charge in [0.05, 0.1) is 20.5 Å². The number of aromatic nitrogens is 1. The van der Waals surface area contributed by atoms with Crippen LogP contribution in [0, 0.1) is 0 Å². The van der Waals surface area contributed by atoms with Crippen molar-refractivity contribution in [3.05, 3.63) is 29.3 Å². The predicted molar refractivity (Wildman–Crippen MR) is 102 cm³/mol. The van der Waals surface area contributed by atoms with E-state index in [1.54, 1.807) is 0 Å². The topological polar surface area (TPSA) is 33.2 Å². The third-order valence-corrected chi connectivity index (χ3v) is 8.50. The number of para-hydroxylation sites is 1. The van der Waals surface area contributed by atoms with Crippen LogP contribution in [0.15, 0.2) is 24.3 Å². The molecule has 2 aliphatic rings. The van der Waals surface area contributed by atoms with E-state index in [-0.39, 0.29) is 5.25 Å². The van der Waals surface area contributed by atoms with E-state index in [0.29, 0.717) is 11.8 Å². The van der Waals surface area contributed by atoms with Gasteiger partial charge >= 0.3 is 0 Å². The van der Waals surface area contributed by atoms with Crippen molar-refractivity contribution in [3.8, 4) is 0 Å². The number of fused-ring (bicyclic) bond motifs is 1. The maximum atomic E-state index is 12.6. The Bertz CT molecular complexity index is 655. The fourth-order valence-electron chi connectivity index (χ4n) is 3.25. The Morgan fingerprint density at radius 2 is 2.00 bits per heavy atom. The molecule has 1 atom stereocenters. The quantitative estimate of drug-likeness (QED) is 0.810. The SMILES string of the molecule is O=C(C1CSCCS1)N1CCC(c2nc3ccccc3s2)CC1. The highest BCUT2D eigenvalue weighted by Crippen LogP contribution is 2.34. The summed E-state index contributed by atoms with van der Waals surface area (Å²) >= 11 is 5.58. The summed E-state index contributed by atoms with van der Waals surface area (Å²) in [5.41, 5.74) is 1.11. The number of likely N-dealkylation sites (tertiary alicyclic amines) is 1. The fraction of sp³-hybridized carbons (Fsp3) is 0.529. The molecule has 0 aliphatic carbocycles. The maximum absolute atomic E-state index is 12.6. The van der Waals surface area contributed by atoms with Gasteiger partial charge < -0.3 is 4.90 Å². The van der Waals surface area contributed by atoms with E-state index in [4.69, 9.17) is 4.98 Å². The molecule has 0 N–H and O–H groups in total. The summed E-state index contributed by atoms with van der Waals surface area (Å²) in [6.07, 6.45) is 2.10. The first kappa shape index (κ1) is 15.8. The zero-order valence-electron chi connectivity index (χ0n) is 12.9. The Balaban J connectivity index is 1.39. The second kappa shape index (κ2) is 7.03. The van der Waals surface area contributed by atoms with Gasteiger partial charge in [-0.15, -0.1) is 23.1 Å². The number of piperidine rings is 1. The Labute approximate surface area is 149 Å². The lowest BCUT2D eigenvalue weighted by atomic mass is 9.97. The zero-order chi connectivity index (χ0) is 15.6. The Morgan fingerprint density at radius 3 is 2.74 bits per heavy atom. The largest absolute Gasteiger partial charge is 0.342 e. The number of carbonyl (C=O) groups excluding carboxylic acids is 1. The molecule has 4 rings (SSSR count). The lowest BCUT2D eigenvalue weighted by molar-refractivity contribution is -0.131. The molecule has 1 amide bonds. The standard InChI is InChI=1S/C17H20N2OS3/c20-17(15-11-21-9-10-22-15)19-7-5-12(6-8-19)16-18-13-3-1-2-4-14(13)23-16/h1-4,12,15H,5-11H2. The Kier molecular flexibility index (Phi) is 4.83. The first-order valence-corrected chi connectivity index (χ1v) is 11.2. The number of nitrogens with zero attached hydrogens (tertiary/aromatic N) is 2. The van der Waals surface area contributed by atoms with Crippen molar-refractivity contribution in [3.63, 3.8) is 0 Å². The van der Waals surface area contributed by atoms with Crippen molar-refractivity contribution in [1.82, 2.24) is 9.88 Å². The summed E-state index contributed by atoms with van der Waals surface area (Å²) in [5, 5.41) is 1.44. The van der Waals surface area contributed by atoms with Crippen molar-refractivity contribution in [2.75, 3.05) is 30.3 Å². The summed E-state index contributed by atoms with van der Waals surface area (Å²) < 4.78 is 1.27. The van der Waals surface area contributed by atoms with Crippen LogP contribution in [0.25, 0.3) is 10.2 Å². The van der Waals surface area contributed by atoms with E-state index in [1.165, 1.54) is 15.5 Å². The molecule has 1 aromatic carbocycles. The highest BCUT2D eigenvalue weighted by molar-refractivity contribution is 8.07. The van der Waals surface area contributed by atoms with Crippen LogP contribution in [-0.2, 0) is 4.79 Å². The van der Waals surface area contributed by atoms with Gasteiger partial charge in [0.15, 0.2) is 0 Å². The van der Waals surface area contributed by atoms with Crippen LogP contribution < -0.4 is 0 Å². The summed E-state index contributed by atoms with van der Waals surface area (Å²) in [6.45, 7) is 1.78. The minimum atomic E-state index is 0.188. The third-order valence-electron chi connectivity index (χ3n) is 4.56. The number of hydrogen-bond donors (Lipinski definition) is 0. The maximum Gasteiger partial charge on any atom is 0.236 e. The molecule has 2 saturated heterocycles. The third kappa shape index (κ3) is 3.39. The first-order valence-electron chi connectivity index (χ1n) is 8.15. The van der Waals surface area contributed by atoms with E-state index >= 15 is 0 Å². The Morgan fingerprint density at radius 1 is 1.17 bits per heavy atom. The number of thiazole rings is 1. The van der Waals surface area contributed by atoms with E-state index < -0.39 is 0 Å². The number of amides is 1. The minimum Gasteiger partial charge on any atom is -0.342 e. The van der Waals surface area contributed by atoms with Gasteiger partial charge in [-0.2, -0.15) is 11.8 Å². The molecule has 23 heavy (non-hydrogen) atoms. The van der Waals surface area contributed by atoms with E-state index in [0.717, 1.165) is 43.0 Å². The highest BCUT2D eigenvalue weighted by Gasteiger charge is 2.31. The van der Waals surface area contributed by atoms with Gasteiger partial charge in [0.1, 0.15) is 0 Å². The molecule has 0 bridgehead atoms. The first-order chi connectivity index (χ1) is 11.3. The average Bonchev–Trinajstić information content (AvgIpc) is 3.06. The second-order valence-electron chi connectivity index (χ2n) is 6.05. The van der Waals surface area contributed by atoms with Crippen LogP contribution in [0.2, 0.25) is 0 Å². The smallest absolute Gasteiger partial charge is 0.236 e. The van der Waals surface area contributed by atoms with Crippen molar-refractivity contribution < 1.29 is 4.79 Å². The normalized spacial score (nSPS) is 23.3. The number of benzene rings is 1. The van der Waals surface area contributed by atoms with Crippen molar-refractivity contribution in [1.29, 1.82) is 0 Å². The predicted octanol–water partition coefficient (Wildman–Crippen LogP) is 3.85. The molecule has 0 spiro atoms. The van der Waals surface area contributed by atoms with Crippen LogP contribution in [0.4, 0.5) is 0 Å². The van der Waals surface area contributed by atoms with Crippen LogP contribution in [0.1, 0.15) is 23.8 Å². The highest BCUT2D eigenvalue weighted by atomic mass is 32.2. The van der Waals surface area contributed by atoms with Gasteiger partial charge in [-0.05, 0) is 25.0 Å². The van der Waals surface area contributed by atoms with Gasteiger partial charge in [-0.25, -0.2) is 4.98 Å². The number of carbonyl (C=O) groups is 1. The molecular formula is C17H20N2OS3. The number of thioether (sulfide) groups is 2. The van der Waals surface area contributed by atoms with Gasteiger partial charge in [0.25, 0.3) is 0 Å².